The maximum absolute atomic E-state index is 12.2. The molecule has 3 unspecified atom stereocenters. The van der Waals surface area contributed by atoms with Crippen LogP contribution >= 0.6 is 25.3 Å². The lowest BCUT2D eigenvalue weighted by atomic mass is 9.96. The molecule has 0 amide bonds. The SMILES string of the molecule is CCCCCCCCC(=O)OC(CCCCCC)CC(C)C(S)CS. The first-order valence-electron chi connectivity index (χ1n) is 10.5. The summed E-state index contributed by atoms with van der Waals surface area (Å²) in [6, 6.07) is 0. The number of hydrogen-bond acceptors (Lipinski definition) is 4. The van der Waals surface area contributed by atoms with Crippen molar-refractivity contribution < 1.29 is 9.53 Å². The molecule has 0 aliphatic rings. The zero-order chi connectivity index (χ0) is 18.9. The topological polar surface area (TPSA) is 26.3 Å². The van der Waals surface area contributed by atoms with Crippen molar-refractivity contribution in [2.24, 2.45) is 5.92 Å². The van der Waals surface area contributed by atoms with Crippen molar-refractivity contribution in [2.75, 3.05) is 5.75 Å². The van der Waals surface area contributed by atoms with Gasteiger partial charge in [0.05, 0.1) is 0 Å². The van der Waals surface area contributed by atoms with Crippen molar-refractivity contribution in [3.8, 4) is 0 Å². The molecule has 150 valence electrons. The molecule has 2 nitrogen and oxygen atoms in total. The van der Waals surface area contributed by atoms with E-state index in [1.807, 2.05) is 0 Å². The summed E-state index contributed by atoms with van der Waals surface area (Å²) in [5, 5.41) is 0.263. The number of carbonyl (C=O) groups excluding carboxylic acids is 1. The zero-order valence-electron chi connectivity index (χ0n) is 16.8. The number of carbonyl (C=O) groups is 1. The summed E-state index contributed by atoms with van der Waals surface area (Å²) in [5.74, 6) is 1.17. The molecule has 0 heterocycles. The Hall–Kier alpha value is 0.170. The molecule has 0 bridgehead atoms. The van der Waals surface area contributed by atoms with Crippen molar-refractivity contribution in [1.29, 1.82) is 0 Å². The van der Waals surface area contributed by atoms with Gasteiger partial charge in [-0.15, -0.1) is 0 Å². The molecule has 0 saturated carbocycles. The average molecular weight is 391 g/mol. The predicted molar refractivity (Wildman–Crippen MR) is 117 cm³/mol. The molecule has 0 rings (SSSR count). The number of thiol groups is 2. The molecule has 4 heteroatoms. The summed E-state index contributed by atoms with van der Waals surface area (Å²) in [6.07, 6.45) is 14.6. The van der Waals surface area contributed by atoms with Crippen molar-refractivity contribution >= 4 is 31.2 Å². The molecule has 0 saturated heterocycles. The number of hydrogen-bond donors (Lipinski definition) is 2. The molecular weight excluding hydrogens is 348 g/mol. The number of esters is 1. The highest BCUT2D eigenvalue weighted by Crippen LogP contribution is 2.22. The first-order valence-corrected chi connectivity index (χ1v) is 11.7. The van der Waals surface area contributed by atoms with E-state index in [2.05, 4.69) is 46.0 Å². The Bertz CT molecular complexity index is 310. The molecule has 3 atom stereocenters. The van der Waals surface area contributed by atoms with E-state index in [0.717, 1.165) is 37.9 Å². The van der Waals surface area contributed by atoms with Crippen LogP contribution in [0.2, 0.25) is 0 Å². The summed E-state index contributed by atoms with van der Waals surface area (Å²) in [4.78, 5) is 12.2. The van der Waals surface area contributed by atoms with Gasteiger partial charge in [-0.1, -0.05) is 72.1 Å². The molecule has 0 N–H and O–H groups in total. The van der Waals surface area contributed by atoms with E-state index >= 15 is 0 Å². The summed E-state index contributed by atoms with van der Waals surface area (Å²) in [6.45, 7) is 6.63. The van der Waals surface area contributed by atoms with E-state index in [4.69, 9.17) is 4.74 Å². The van der Waals surface area contributed by atoms with E-state index in [1.54, 1.807) is 0 Å². The summed E-state index contributed by atoms with van der Waals surface area (Å²) in [5.41, 5.74) is 0. The smallest absolute Gasteiger partial charge is 0.306 e. The van der Waals surface area contributed by atoms with Gasteiger partial charge in [-0.25, -0.2) is 0 Å². The molecular formula is C21H42O2S2. The summed E-state index contributed by atoms with van der Waals surface area (Å²) >= 11 is 8.94. The summed E-state index contributed by atoms with van der Waals surface area (Å²) < 4.78 is 5.83. The van der Waals surface area contributed by atoms with Gasteiger partial charge in [-0.05, 0) is 31.6 Å². The van der Waals surface area contributed by atoms with Crippen LogP contribution in [0, 0.1) is 5.92 Å². The molecule has 0 aliphatic heterocycles. The highest BCUT2D eigenvalue weighted by Gasteiger charge is 2.21. The first-order chi connectivity index (χ1) is 12.0. The lowest BCUT2D eigenvalue weighted by Gasteiger charge is -2.24. The standard InChI is InChI=1S/C21H42O2S2/c1-4-6-8-10-11-13-15-21(22)23-19(14-12-9-7-5-2)16-18(3)20(25)17-24/h18-20,24-25H,4-17H2,1-3H3. The Balaban J connectivity index is 4.18. The third kappa shape index (κ3) is 15.0. The average Bonchev–Trinajstić information content (AvgIpc) is 2.60. The van der Waals surface area contributed by atoms with Crippen molar-refractivity contribution in [2.45, 2.75) is 116 Å². The van der Waals surface area contributed by atoms with Crippen molar-refractivity contribution in [1.82, 2.24) is 0 Å². The second-order valence-electron chi connectivity index (χ2n) is 7.44. The molecule has 0 aliphatic carbocycles. The lowest BCUT2D eigenvalue weighted by Crippen LogP contribution is -2.25. The fourth-order valence-electron chi connectivity index (χ4n) is 3.07. The molecule has 0 radical (unpaired) electrons. The van der Waals surface area contributed by atoms with E-state index in [1.165, 1.54) is 44.9 Å². The van der Waals surface area contributed by atoms with Gasteiger partial charge in [0.25, 0.3) is 0 Å². The van der Waals surface area contributed by atoms with Crippen LogP contribution in [0.3, 0.4) is 0 Å². The van der Waals surface area contributed by atoms with Gasteiger partial charge < -0.3 is 4.74 Å². The van der Waals surface area contributed by atoms with Gasteiger partial charge >= 0.3 is 5.97 Å². The highest BCUT2D eigenvalue weighted by molar-refractivity contribution is 7.84. The second kappa shape index (κ2) is 17.6. The van der Waals surface area contributed by atoms with Crippen LogP contribution in [0.4, 0.5) is 0 Å². The van der Waals surface area contributed by atoms with Crippen LogP contribution in [0.1, 0.15) is 104 Å². The maximum Gasteiger partial charge on any atom is 0.306 e. The first kappa shape index (κ1) is 25.2. The minimum Gasteiger partial charge on any atom is -0.462 e. The van der Waals surface area contributed by atoms with Crippen LogP contribution < -0.4 is 0 Å². The van der Waals surface area contributed by atoms with Crippen molar-refractivity contribution in [3.63, 3.8) is 0 Å². The third-order valence-electron chi connectivity index (χ3n) is 4.89. The fraction of sp³-hybridized carbons (Fsp3) is 0.952. The van der Waals surface area contributed by atoms with Crippen LogP contribution in [-0.4, -0.2) is 23.1 Å². The fourth-order valence-corrected chi connectivity index (χ4v) is 3.55. The van der Waals surface area contributed by atoms with Gasteiger partial charge in [0.1, 0.15) is 6.10 Å². The molecule has 0 aromatic rings. The highest BCUT2D eigenvalue weighted by atomic mass is 32.1. The third-order valence-corrected chi connectivity index (χ3v) is 6.26. The molecule has 0 fully saturated rings. The van der Waals surface area contributed by atoms with Crippen molar-refractivity contribution in [3.05, 3.63) is 0 Å². The Morgan fingerprint density at radius 1 is 0.920 bits per heavy atom. The van der Waals surface area contributed by atoms with Gasteiger partial charge in [0.15, 0.2) is 0 Å². The monoisotopic (exact) mass is 390 g/mol. The normalized spacial score (nSPS) is 14.9. The predicted octanol–water partition coefficient (Wildman–Crippen LogP) is 6.87. The Labute approximate surface area is 168 Å². The Morgan fingerprint density at radius 2 is 1.48 bits per heavy atom. The van der Waals surface area contributed by atoms with Gasteiger partial charge in [-0.2, -0.15) is 25.3 Å². The quantitative estimate of drug-likeness (QED) is 0.161. The molecule has 25 heavy (non-hydrogen) atoms. The van der Waals surface area contributed by atoms with Gasteiger partial charge in [0, 0.05) is 17.4 Å². The summed E-state index contributed by atoms with van der Waals surface area (Å²) in [7, 11) is 0. The molecule has 0 aromatic heterocycles. The van der Waals surface area contributed by atoms with E-state index in [-0.39, 0.29) is 17.3 Å². The minimum atomic E-state index is -0.00947. The number of unbranched alkanes of at least 4 members (excludes halogenated alkanes) is 8. The number of ether oxygens (including phenoxy) is 1. The molecule has 0 aromatic carbocycles. The number of rotatable bonds is 17. The van der Waals surface area contributed by atoms with Gasteiger partial charge in [-0.3, -0.25) is 4.79 Å². The molecule has 0 spiro atoms. The van der Waals surface area contributed by atoms with E-state index < -0.39 is 0 Å². The lowest BCUT2D eigenvalue weighted by molar-refractivity contribution is -0.150. The zero-order valence-corrected chi connectivity index (χ0v) is 18.6. The van der Waals surface area contributed by atoms with Gasteiger partial charge in [0.2, 0.25) is 0 Å². The van der Waals surface area contributed by atoms with Crippen LogP contribution in [0.25, 0.3) is 0 Å². The van der Waals surface area contributed by atoms with E-state index in [9.17, 15) is 4.79 Å². The van der Waals surface area contributed by atoms with Crippen LogP contribution in [0.15, 0.2) is 0 Å². The maximum atomic E-state index is 12.2. The minimum absolute atomic E-state index is 0.00947. The largest absolute Gasteiger partial charge is 0.462 e. The Kier molecular flexibility index (Phi) is 17.7. The van der Waals surface area contributed by atoms with Crippen LogP contribution in [-0.2, 0) is 9.53 Å². The Morgan fingerprint density at radius 3 is 2.08 bits per heavy atom. The van der Waals surface area contributed by atoms with Crippen LogP contribution in [0.5, 0.6) is 0 Å². The van der Waals surface area contributed by atoms with E-state index in [0.29, 0.717) is 12.3 Å². The second-order valence-corrected chi connectivity index (χ2v) is 8.47.